The average Bonchev–Trinajstić information content (AvgIpc) is 2.31. The molecule has 0 radical (unpaired) electrons. The second-order valence-electron chi connectivity index (χ2n) is 3.95. The van der Waals surface area contributed by atoms with E-state index in [0.717, 1.165) is 31.0 Å². The van der Waals surface area contributed by atoms with Gasteiger partial charge in [-0.3, -0.25) is 0 Å². The second-order valence-corrected chi connectivity index (χ2v) is 3.95. The second kappa shape index (κ2) is 5.07. The van der Waals surface area contributed by atoms with Gasteiger partial charge in [-0.1, -0.05) is 0 Å². The lowest BCUT2D eigenvalue weighted by Crippen LogP contribution is -2.30. The lowest BCUT2D eigenvalue weighted by atomic mass is 10.1. The molecule has 0 aromatic carbocycles. The molecule has 1 aromatic rings. The van der Waals surface area contributed by atoms with Crippen molar-refractivity contribution in [1.82, 2.24) is 9.97 Å². The lowest BCUT2D eigenvalue weighted by molar-refractivity contribution is 0.572. The molecule has 1 aliphatic heterocycles. The summed E-state index contributed by atoms with van der Waals surface area (Å²) in [6.07, 6.45) is 6.38. The molecule has 0 atom stereocenters. The molecule has 15 heavy (non-hydrogen) atoms. The molecule has 2 rings (SSSR count). The van der Waals surface area contributed by atoms with E-state index in [4.69, 9.17) is 5.73 Å². The minimum atomic E-state index is 0.649. The molecule has 4 nitrogen and oxygen atoms in total. The zero-order chi connectivity index (χ0) is 10.5. The van der Waals surface area contributed by atoms with Gasteiger partial charge in [0.05, 0.1) is 0 Å². The van der Waals surface area contributed by atoms with Gasteiger partial charge in [0.15, 0.2) is 0 Å². The van der Waals surface area contributed by atoms with Gasteiger partial charge in [-0.2, -0.15) is 0 Å². The Kier molecular flexibility index (Phi) is 3.50. The third-order valence-corrected chi connectivity index (χ3v) is 2.79. The molecule has 0 unspecified atom stereocenters. The summed E-state index contributed by atoms with van der Waals surface area (Å²) in [5, 5.41) is 0. The Morgan fingerprint density at radius 1 is 1.20 bits per heavy atom. The number of hydrogen-bond acceptors (Lipinski definition) is 4. The Hall–Kier alpha value is -1.16. The Bertz CT molecular complexity index is 307. The first-order chi connectivity index (χ1) is 7.40. The zero-order valence-electron chi connectivity index (χ0n) is 9.02. The van der Waals surface area contributed by atoms with Crippen molar-refractivity contribution in [2.24, 2.45) is 5.73 Å². The van der Waals surface area contributed by atoms with Crippen molar-refractivity contribution >= 4 is 5.82 Å². The van der Waals surface area contributed by atoms with Gasteiger partial charge < -0.3 is 10.6 Å². The minimum absolute atomic E-state index is 0.649. The highest BCUT2D eigenvalue weighted by Gasteiger charge is 2.12. The highest BCUT2D eigenvalue weighted by atomic mass is 15.2. The number of rotatable bonds is 3. The van der Waals surface area contributed by atoms with Crippen LogP contribution in [0.3, 0.4) is 0 Å². The monoisotopic (exact) mass is 206 g/mol. The maximum Gasteiger partial charge on any atom is 0.132 e. The summed E-state index contributed by atoms with van der Waals surface area (Å²) >= 11 is 0. The lowest BCUT2D eigenvalue weighted by Gasteiger charge is -2.27. The van der Waals surface area contributed by atoms with Crippen molar-refractivity contribution in [3.05, 3.63) is 18.1 Å². The summed E-state index contributed by atoms with van der Waals surface area (Å²) < 4.78 is 0. The zero-order valence-corrected chi connectivity index (χ0v) is 9.02. The van der Waals surface area contributed by atoms with Crippen molar-refractivity contribution in [1.29, 1.82) is 0 Å². The first-order valence-corrected chi connectivity index (χ1v) is 5.66. The number of aromatic nitrogens is 2. The number of hydrogen-bond donors (Lipinski definition) is 1. The SMILES string of the molecule is NCCc1cc(N2CCCCC2)ncn1. The van der Waals surface area contributed by atoms with E-state index in [1.54, 1.807) is 6.33 Å². The van der Waals surface area contributed by atoms with E-state index in [1.165, 1.54) is 19.3 Å². The summed E-state index contributed by atoms with van der Waals surface area (Å²) in [5.41, 5.74) is 6.56. The molecule has 2 N–H and O–H groups in total. The minimum Gasteiger partial charge on any atom is -0.357 e. The van der Waals surface area contributed by atoms with Crippen LogP contribution in [-0.2, 0) is 6.42 Å². The van der Waals surface area contributed by atoms with Crippen molar-refractivity contribution in [2.45, 2.75) is 25.7 Å². The van der Waals surface area contributed by atoms with Gasteiger partial charge >= 0.3 is 0 Å². The number of nitrogens with zero attached hydrogens (tertiary/aromatic N) is 3. The molecular formula is C11H18N4. The largest absolute Gasteiger partial charge is 0.357 e. The van der Waals surface area contributed by atoms with E-state index in [1.807, 2.05) is 0 Å². The van der Waals surface area contributed by atoms with E-state index in [9.17, 15) is 0 Å². The molecule has 4 heteroatoms. The Labute approximate surface area is 90.5 Å². The van der Waals surface area contributed by atoms with E-state index < -0.39 is 0 Å². The van der Waals surface area contributed by atoms with Crippen molar-refractivity contribution < 1.29 is 0 Å². The number of anilines is 1. The summed E-state index contributed by atoms with van der Waals surface area (Å²) in [6, 6.07) is 2.07. The first-order valence-electron chi connectivity index (χ1n) is 5.66. The third kappa shape index (κ3) is 2.65. The first kappa shape index (κ1) is 10.4. The normalized spacial score (nSPS) is 16.7. The van der Waals surface area contributed by atoms with Crippen molar-refractivity contribution in [3.63, 3.8) is 0 Å². The van der Waals surface area contributed by atoms with Crippen LogP contribution in [0.4, 0.5) is 5.82 Å². The van der Waals surface area contributed by atoms with Gasteiger partial charge in [0, 0.05) is 31.3 Å². The fourth-order valence-electron chi connectivity index (χ4n) is 1.97. The molecule has 0 amide bonds. The van der Waals surface area contributed by atoms with Gasteiger partial charge in [0.1, 0.15) is 12.1 Å². The van der Waals surface area contributed by atoms with Crippen LogP contribution in [-0.4, -0.2) is 29.6 Å². The molecule has 1 fully saturated rings. The van der Waals surface area contributed by atoms with E-state index in [2.05, 4.69) is 20.9 Å². The smallest absolute Gasteiger partial charge is 0.132 e. The third-order valence-electron chi connectivity index (χ3n) is 2.79. The highest BCUT2D eigenvalue weighted by Crippen LogP contribution is 2.17. The maximum absolute atomic E-state index is 5.52. The van der Waals surface area contributed by atoms with Crippen LogP contribution in [0.2, 0.25) is 0 Å². The van der Waals surface area contributed by atoms with Crippen LogP contribution in [0.1, 0.15) is 25.0 Å². The Balaban J connectivity index is 2.09. The molecule has 2 heterocycles. The van der Waals surface area contributed by atoms with Gasteiger partial charge in [0.2, 0.25) is 0 Å². The van der Waals surface area contributed by atoms with Gasteiger partial charge in [-0.05, 0) is 25.8 Å². The molecule has 0 bridgehead atoms. The van der Waals surface area contributed by atoms with Gasteiger partial charge in [-0.15, -0.1) is 0 Å². The molecule has 0 aliphatic carbocycles. The van der Waals surface area contributed by atoms with Gasteiger partial charge in [-0.25, -0.2) is 9.97 Å². The quantitative estimate of drug-likeness (QED) is 0.800. The van der Waals surface area contributed by atoms with Crippen LogP contribution in [0.5, 0.6) is 0 Å². The standard InChI is InChI=1S/C11H18N4/c12-5-4-10-8-11(14-9-13-10)15-6-2-1-3-7-15/h8-9H,1-7,12H2. The Morgan fingerprint density at radius 2 is 2.00 bits per heavy atom. The topological polar surface area (TPSA) is 55.0 Å². The van der Waals surface area contributed by atoms with Crippen molar-refractivity contribution in [2.75, 3.05) is 24.5 Å². The highest BCUT2D eigenvalue weighted by molar-refractivity contribution is 5.39. The molecule has 1 aliphatic rings. The summed E-state index contributed by atoms with van der Waals surface area (Å²) in [7, 11) is 0. The van der Waals surface area contributed by atoms with Crippen LogP contribution in [0, 0.1) is 0 Å². The predicted octanol–water partition coefficient (Wildman–Crippen LogP) is 0.968. The fraction of sp³-hybridized carbons (Fsp3) is 0.636. The van der Waals surface area contributed by atoms with Gasteiger partial charge in [0.25, 0.3) is 0 Å². The van der Waals surface area contributed by atoms with Crippen LogP contribution < -0.4 is 10.6 Å². The molecule has 82 valence electrons. The fourth-order valence-corrected chi connectivity index (χ4v) is 1.97. The summed E-state index contributed by atoms with van der Waals surface area (Å²) in [4.78, 5) is 10.9. The Morgan fingerprint density at radius 3 is 2.73 bits per heavy atom. The van der Waals surface area contributed by atoms with Crippen molar-refractivity contribution in [3.8, 4) is 0 Å². The van der Waals surface area contributed by atoms with E-state index >= 15 is 0 Å². The van der Waals surface area contributed by atoms with Crippen LogP contribution in [0.25, 0.3) is 0 Å². The molecular weight excluding hydrogens is 188 g/mol. The molecule has 0 saturated carbocycles. The van der Waals surface area contributed by atoms with Crippen LogP contribution >= 0.6 is 0 Å². The molecule has 0 spiro atoms. The van der Waals surface area contributed by atoms with E-state index in [-0.39, 0.29) is 0 Å². The predicted molar refractivity (Wildman–Crippen MR) is 60.9 cm³/mol. The summed E-state index contributed by atoms with van der Waals surface area (Å²) in [5.74, 6) is 1.06. The average molecular weight is 206 g/mol. The maximum atomic E-state index is 5.52. The number of piperidine rings is 1. The number of nitrogens with two attached hydrogens (primary N) is 1. The van der Waals surface area contributed by atoms with Crippen LogP contribution in [0.15, 0.2) is 12.4 Å². The molecule has 1 saturated heterocycles. The van der Waals surface area contributed by atoms with E-state index in [0.29, 0.717) is 6.54 Å². The summed E-state index contributed by atoms with van der Waals surface area (Å²) in [6.45, 7) is 2.90. The molecule has 1 aromatic heterocycles.